The van der Waals surface area contributed by atoms with Crippen LogP contribution in [-0.4, -0.2) is 9.13 Å². The highest BCUT2D eigenvalue weighted by Gasteiger charge is 2.27. The van der Waals surface area contributed by atoms with Crippen LogP contribution in [0, 0.1) is 0 Å². The lowest BCUT2D eigenvalue weighted by Gasteiger charge is -2.18. The highest BCUT2D eigenvalue weighted by molar-refractivity contribution is 6.45. The fourth-order valence-corrected chi connectivity index (χ4v) is 9.41. The first kappa shape index (κ1) is 27.9. The van der Waals surface area contributed by atoms with Crippen LogP contribution in [0.25, 0.3) is 109 Å². The summed E-state index contributed by atoms with van der Waals surface area (Å²) in [7, 11) is 0. The first-order valence-corrected chi connectivity index (χ1v) is 18.0. The van der Waals surface area contributed by atoms with E-state index >= 15 is 0 Å². The molecule has 0 unspecified atom stereocenters. The van der Waals surface area contributed by atoms with Gasteiger partial charge in [-0.25, -0.2) is 0 Å². The number of hydrogen-bond donors (Lipinski definition) is 0. The van der Waals surface area contributed by atoms with Gasteiger partial charge in [-0.05, 0) is 68.0 Å². The molecule has 0 amide bonds. The van der Waals surface area contributed by atoms with E-state index in [2.05, 4.69) is 191 Å². The van der Waals surface area contributed by atoms with Gasteiger partial charge < -0.3 is 9.13 Å². The fourth-order valence-electron chi connectivity index (χ4n) is 9.41. The highest BCUT2D eigenvalue weighted by atomic mass is 15.0. The predicted molar refractivity (Wildman–Crippen MR) is 223 cm³/mol. The third-order valence-corrected chi connectivity index (χ3v) is 11.4. The van der Waals surface area contributed by atoms with Crippen molar-refractivity contribution in [2.24, 2.45) is 0 Å². The second-order valence-corrected chi connectivity index (χ2v) is 14.0. The zero-order chi connectivity index (χ0) is 33.9. The van der Waals surface area contributed by atoms with E-state index in [0.29, 0.717) is 0 Å². The average molecular weight is 659 g/mol. The van der Waals surface area contributed by atoms with E-state index in [0.717, 1.165) is 5.69 Å². The minimum Gasteiger partial charge on any atom is -0.307 e. The normalized spacial score (nSPS) is 12.2. The van der Waals surface area contributed by atoms with Gasteiger partial charge in [-0.2, -0.15) is 0 Å². The van der Waals surface area contributed by atoms with Gasteiger partial charge in [0.05, 0.1) is 27.8 Å². The number of rotatable bonds is 2. The molecule has 0 N–H and O–H groups in total. The maximum Gasteiger partial charge on any atom is 0.0795 e. The van der Waals surface area contributed by atoms with Crippen LogP contribution < -0.4 is 0 Å². The van der Waals surface area contributed by atoms with Crippen LogP contribution in [0.15, 0.2) is 182 Å². The second-order valence-electron chi connectivity index (χ2n) is 14.0. The molecule has 0 bridgehead atoms. The maximum atomic E-state index is 2.59. The summed E-state index contributed by atoms with van der Waals surface area (Å²) >= 11 is 0. The Balaban J connectivity index is 1.49. The van der Waals surface area contributed by atoms with Crippen molar-refractivity contribution < 1.29 is 0 Å². The first-order valence-electron chi connectivity index (χ1n) is 18.0. The van der Waals surface area contributed by atoms with Gasteiger partial charge in [0.2, 0.25) is 0 Å². The van der Waals surface area contributed by atoms with Crippen molar-refractivity contribution in [2.45, 2.75) is 0 Å². The molecule has 12 aromatic rings. The molecule has 52 heavy (non-hydrogen) atoms. The molecule has 0 radical (unpaired) electrons. The number of hydrogen-bond acceptors (Lipinski definition) is 0. The van der Waals surface area contributed by atoms with Crippen LogP contribution in [0.5, 0.6) is 0 Å². The summed E-state index contributed by atoms with van der Waals surface area (Å²) in [6, 6.07) is 67.2. The van der Waals surface area contributed by atoms with Crippen molar-refractivity contribution in [1.82, 2.24) is 9.13 Å². The van der Waals surface area contributed by atoms with Crippen LogP contribution in [-0.2, 0) is 0 Å². The standard InChI is InChI=1S/C50H30N2/c1-2-17-32(18-3-1)51-42-28-14-12-26-40(42)47-45-38-24-10-7-21-35(38)36-22-8-11-25-39(36)46(45)48-41-27-13-15-29-43(41)52(50(48)49(47)51)44-30-31-16-4-5-19-33(31)34-20-6-9-23-37(34)44/h1-30H. The zero-order valence-corrected chi connectivity index (χ0v) is 28.2. The molecule has 0 aliphatic rings. The Hall–Kier alpha value is -6.90. The van der Waals surface area contributed by atoms with Gasteiger partial charge in [-0.3, -0.25) is 0 Å². The monoisotopic (exact) mass is 658 g/mol. The molecule has 0 atom stereocenters. The van der Waals surface area contributed by atoms with Crippen molar-refractivity contribution in [3.63, 3.8) is 0 Å². The average Bonchev–Trinajstić information content (AvgIpc) is 3.74. The van der Waals surface area contributed by atoms with E-state index in [1.807, 2.05) is 0 Å². The third kappa shape index (κ3) is 3.53. The van der Waals surface area contributed by atoms with Crippen LogP contribution in [0.4, 0.5) is 0 Å². The molecule has 0 spiro atoms. The molecule has 12 rings (SSSR count). The van der Waals surface area contributed by atoms with Gasteiger partial charge >= 0.3 is 0 Å². The Morgan fingerprint density at radius 2 is 0.673 bits per heavy atom. The summed E-state index contributed by atoms with van der Waals surface area (Å²) in [6.45, 7) is 0. The summed E-state index contributed by atoms with van der Waals surface area (Å²) in [5, 5.41) is 17.9. The van der Waals surface area contributed by atoms with Crippen LogP contribution >= 0.6 is 0 Å². The van der Waals surface area contributed by atoms with E-state index in [1.165, 1.54) is 103 Å². The molecule has 2 aromatic heterocycles. The summed E-state index contributed by atoms with van der Waals surface area (Å²) in [6.07, 6.45) is 0. The van der Waals surface area contributed by atoms with E-state index < -0.39 is 0 Å². The third-order valence-electron chi connectivity index (χ3n) is 11.4. The number of aromatic nitrogens is 2. The maximum absolute atomic E-state index is 2.59. The molecule has 240 valence electrons. The predicted octanol–water partition coefficient (Wildman–Crippen LogP) is 13.6. The summed E-state index contributed by atoms with van der Waals surface area (Å²) in [5.74, 6) is 0. The van der Waals surface area contributed by atoms with Crippen LogP contribution in [0.1, 0.15) is 0 Å². The Morgan fingerprint density at radius 3 is 1.27 bits per heavy atom. The molecule has 0 fully saturated rings. The van der Waals surface area contributed by atoms with Crippen molar-refractivity contribution in [2.75, 3.05) is 0 Å². The van der Waals surface area contributed by atoms with Gasteiger partial charge in [0.15, 0.2) is 0 Å². The Kier molecular flexibility index (Phi) is 5.53. The second kappa shape index (κ2) is 10.3. The van der Waals surface area contributed by atoms with Crippen molar-refractivity contribution in [3.05, 3.63) is 182 Å². The smallest absolute Gasteiger partial charge is 0.0795 e. The first-order chi connectivity index (χ1) is 25.9. The molecular weight excluding hydrogens is 629 g/mol. The van der Waals surface area contributed by atoms with Gasteiger partial charge in [0, 0.05) is 43.4 Å². The van der Waals surface area contributed by atoms with E-state index in [9.17, 15) is 0 Å². The van der Waals surface area contributed by atoms with E-state index in [4.69, 9.17) is 0 Å². The molecule has 0 saturated carbocycles. The number of fused-ring (bicyclic) bond motifs is 18. The minimum atomic E-state index is 1.15. The largest absolute Gasteiger partial charge is 0.307 e. The van der Waals surface area contributed by atoms with Crippen molar-refractivity contribution in [1.29, 1.82) is 0 Å². The summed E-state index contributed by atoms with van der Waals surface area (Å²) in [5.41, 5.74) is 7.20. The SMILES string of the molecule is c1ccc(-n2c3ccccc3c3c4c5ccccc5c5ccccc5c4c4c5ccccc5n(-c5cc6ccccc6c6ccccc56)c4c32)cc1. The van der Waals surface area contributed by atoms with E-state index in [-0.39, 0.29) is 0 Å². The quantitative estimate of drug-likeness (QED) is 0.164. The van der Waals surface area contributed by atoms with Crippen molar-refractivity contribution >= 4 is 97.5 Å². The lowest BCUT2D eigenvalue weighted by atomic mass is 9.89. The van der Waals surface area contributed by atoms with Crippen LogP contribution in [0.3, 0.4) is 0 Å². The molecule has 0 aliphatic carbocycles. The lowest BCUT2D eigenvalue weighted by Crippen LogP contribution is -2.00. The number of benzene rings is 10. The topological polar surface area (TPSA) is 9.86 Å². The number of nitrogens with zero attached hydrogens (tertiary/aromatic N) is 2. The molecule has 2 heteroatoms. The van der Waals surface area contributed by atoms with Crippen LogP contribution in [0.2, 0.25) is 0 Å². The molecule has 0 saturated heterocycles. The summed E-state index contributed by atoms with van der Waals surface area (Å²) < 4.78 is 5.11. The Morgan fingerprint density at radius 1 is 0.269 bits per heavy atom. The molecule has 10 aromatic carbocycles. The van der Waals surface area contributed by atoms with E-state index in [1.54, 1.807) is 0 Å². The molecule has 0 aliphatic heterocycles. The molecule has 2 heterocycles. The van der Waals surface area contributed by atoms with Crippen molar-refractivity contribution in [3.8, 4) is 11.4 Å². The molecular formula is C50H30N2. The Bertz CT molecular complexity index is 3450. The van der Waals surface area contributed by atoms with Gasteiger partial charge in [0.1, 0.15) is 0 Å². The summed E-state index contributed by atoms with van der Waals surface area (Å²) in [4.78, 5) is 0. The minimum absolute atomic E-state index is 1.15. The fraction of sp³-hybridized carbons (Fsp3) is 0. The molecule has 2 nitrogen and oxygen atoms in total. The zero-order valence-electron chi connectivity index (χ0n) is 28.2. The van der Waals surface area contributed by atoms with Gasteiger partial charge in [-0.1, -0.05) is 152 Å². The highest BCUT2D eigenvalue weighted by Crippen LogP contribution is 2.51. The Labute approximate surface area is 299 Å². The van der Waals surface area contributed by atoms with Gasteiger partial charge in [0.25, 0.3) is 0 Å². The lowest BCUT2D eigenvalue weighted by molar-refractivity contribution is 1.16. The number of para-hydroxylation sites is 3. The van der Waals surface area contributed by atoms with Gasteiger partial charge in [-0.15, -0.1) is 0 Å².